The lowest BCUT2D eigenvalue weighted by molar-refractivity contribution is -0.392. The third-order valence-electron chi connectivity index (χ3n) is 3.44. The van der Waals surface area contributed by atoms with Crippen LogP contribution in [0.2, 0.25) is 0 Å². The van der Waals surface area contributed by atoms with Crippen molar-refractivity contribution in [3.8, 4) is 0 Å². The van der Waals surface area contributed by atoms with Crippen LogP contribution in [-0.2, 0) is 13.0 Å². The van der Waals surface area contributed by atoms with E-state index >= 15 is 0 Å². The molecule has 1 aromatic heterocycles. The Kier molecular flexibility index (Phi) is 4.70. The quantitative estimate of drug-likeness (QED) is 0.466. The Morgan fingerprint density at radius 2 is 1.95 bits per heavy atom. The van der Waals surface area contributed by atoms with Crippen LogP contribution in [0.15, 0.2) is 30.5 Å². The van der Waals surface area contributed by atoms with Crippen molar-refractivity contribution in [2.45, 2.75) is 33.7 Å². The van der Waals surface area contributed by atoms with Crippen LogP contribution in [0.4, 0.5) is 5.82 Å². The van der Waals surface area contributed by atoms with Crippen molar-refractivity contribution >= 4 is 11.6 Å². The topological polar surface area (TPSA) is 78.0 Å². The first-order valence-corrected chi connectivity index (χ1v) is 7.17. The molecule has 0 atom stereocenters. The molecule has 2 aromatic rings. The van der Waals surface area contributed by atoms with Gasteiger partial charge in [-0.25, -0.2) is 9.55 Å². The molecule has 0 radical (unpaired) electrons. The molecule has 0 unspecified atom stereocenters. The van der Waals surface area contributed by atoms with Crippen molar-refractivity contribution < 1.29 is 9.72 Å². The number of rotatable bonds is 6. The van der Waals surface area contributed by atoms with Gasteiger partial charge in [0.1, 0.15) is 6.20 Å². The summed E-state index contributed by atoms with van der Waals surface area (Å²) in [5, 5.41) is 10.9. The molecule has 0 aliphatic carbocycles. The maximum Gasteiger partial charge on any atom is 0.343 e. The van der Waals surface area contributed by atoms with Gasteiger partial charge in [0.05, 0.1) is 0 Å². The predicted molar refractivity (Wildman–Crippen MR) is 82.9 cm³/mol. The number of aromatic nitrogens is 2. The molecule has 1 aromatic carbocycles. The first-order valence-electron chi connectivity index (χ1n) is 7.17. The van der Waals surface area contributed by atoms with Gasteiger partial charge in [-0.3, -0.25) is 4.79 Å². The average Bonchev–Trinajstić information content (AvgIpc) is 2.80. The molecule has 0 aliphatic heterocycles. The third-order valence-corrected chi connectivity index (χ3v) is 3.44. The molecule has 116 valence electrons. The van der Waals surface area contributed by atoms with Gasteiger partial charge in [-0.1, -0.05) is 38.1 Å². The van der Waals surface area contributed by atoms with E-state index in [4.69, 9.17) is 0 Å². The molecule has 6 nitrogen and oxygen atoms in total. The van der Waals surface area contributed by atoms with Gasteiger partial charge >= 0.3 is 5.82 Å². The molecule has 2 rings (SSSR count). The van der Waals surface area contributed by atoms with Crippen LogP contribution in [-0.4, -0.2) is 20.3 Å². The van der Waals surface area contributed by atoms with Crippen molar-refractivity contribution in [2.24, 2.45) is 5.92 Å². The normalized spacial score (nSPS) is 10.9. The average molecular weight is 301 g/mol. The van der Waals surface area contributed by atoms with Crippen LogP contribution >= 0.6 is 0 Å². The highest BCUT2D eigenvalue weighted by Gasteiger charge is 2.20. The molecule has 0 saturated carbocycles. The van der Waals surface area contributed by atoms with Crippen molar-refractivity contribution in [3.63, 3.8) is 0 Å². The second kappa shape index (κ2) is 6.51. The van der Waals surface area contributed by atoms with Crippen LogP contribution in [0.25, 0.3) is 0 Å². The fourth-order valence-electron chi connectivity index (χ4n) is 2.33. The smallest absolute Gasteiger partial charge is 0.343 e. The molecule has 0 aliphatic rings. The Morgan fingerprint density at radius 3 is 2.50 bits per heavy atom. The lowest BCUT2D eigenvalue weighted by Gasteiger charge is -2.06. The van der Waals surface area contributed by atoms with E-state index in [1.54, 1.807) is 19.1 Å². The van der Waals surface area contributed by atoms with Gasteiger partial charge in [-0.15, -0.1) is 0 Å². The van der Waals surface area contributed by atoms with Gasteiger partial charge < -0.3 is 10.1 Å². The summed E-state index contributed by atoms with van der Waals surface area (Å²) in [6.45, 7) is 5.84. The number of aryl methyl sites for hydroxylation is 1. The number of nitrogens with zero attached hydrogens (tertiary/aromatic N) is 3. The lowest BCUT2D eigenvalue weighted by atomic mass is 10.0. The van der Waals surface area contributed by atoms with Crippen LogP contribution < -0.4 is 0 Å². The van der Waals surface area contributed by atoms with Gasteiger partial charge in [-0.05, 0) is 22.8 Å². The molecule has 0 saturated heterocycles. The zero-order chi connectivity index (χ0) is 16.3. The Labute approximate surface area is 128 Å². The maximum absolute atomic E-state index is 12.3. The maximum atomic E-state index is 12.3. The molecule has 0 bridgehead atoms. The SMILES string of the molecule is Cc1ncc([N+](=O)[O-])n1CC(=O)c1ccc(CC(C)C)cc1. The largest absolute Gasteiger partial charge is 0.358 e. The molecule has 0 N–H and O–H groups in total. The number of carbonyl (C=O) groups excluding carboxylic acids is 1. The summed E-state index contributed by atoms with van der Waals surface area (Å²) in [4.78, 5) is 26.6. The van der Waals surface area contributed by atoms with Crippen LogP contribution in [0, 0.1) is 23.0 Å². The Morgan fingerprint density at radius 1 is 1.32 bits per heavy atom. The molecule has 0 fully saturated rings. The first-order chi connectivity index (χ1) is 10.4. The van der Waals surface area contributed by atoms with Crippen molar-refractivity contribution in [1.29, 1.82) is 0 Å². The zero-order valence-electron chi connectivity index (χ0n) is 12.9. The number of imidazole rings is 1. The number of benzene rings is 1. The zero-order valence-corrected chi connectivity index (χ0v) is 12.9. The first kappa shape index (κ1) is 15.9. The lowest BCUT2D eigenvalue weighted by Crippen LogP contribution is -2.13. The second-order valence-electron chi connectivity index (χ2n) is 5.72. The van der Waals surface area contributed by atoms with Crippen molar-refractivity contribution in [1.82, 2.24) is 9.55 Å². The van der Waals surface area contributed by atoms with Gasteiger partial charge in [-0.2, -0.15) is 0 Å². The summed E-state index contributed by atoms with van der Waals surface area (Å²) in [7, 11) is 0. The molecular weight excluding hydrogens is 282 g/mol. The monoisotopic (exact) mass is 301 g/mol. The fraction of sp³-hybridized carbons (Fsp3) is 0.375. The molecule has 0 spiro atoms. The van der Waals surface area contributed by atoms with E-state index in [1.165, 1.54) is 16.3 Å². The van der Waals surface area contributed by atoms with Gasteiger partial charge in [0.15, 0.2) is 12.4 Å². The molecule has 1 heterocycles. The summed E-state index contributed by atoms with van der Waals surface area (Å²) in [6.07, 6.45) is 2.13. The summed E-state index contributed by atoms with van der Waals surface area (Å²) < 4.78 is 1.32. The minimum Gasteiger partial charge on any atom is -0.358 e. The number of nitro groups is 1. The van der Waals surface area contributed by atoms with Gasteiger partial charge in [0.25, 0.3) is 0 Å². The van der Waals surface area contributed by atoms with Crippen LogP contribution in [0.3, 0.4) is 0 Å². The summed E-state index contributed by atoms with van der Waals surface area (Å²) in [6, 6.07) is 7.42. The molecule has 6 heteroatoms. The van der Waals surface area contributed by atoms with Gasteiger partial charge in [0, 0.05) is 12.5 Å². The van der Waals surface area contributed by atoms with Crippen LogP contribution in [0.1, 0.15) is 35.6 Å². The molecular formula is C16H19N3O3. The highest BCUT2D eigenvalue weighted by molar-refractivity contribution is 5.96. The Hall–Kier alpha value is -2.50. The predicted octanol–water partition coefficient (Wildman–Crippen LogP) is 3.18. The summed E-state index contributed by atoms with van der Waals surface area (Å²) >= 11 is 0. The summed E-state index contributed by atoms with van der Waals surface area (Å²) in [5.74, 6) is 0.678. The third kappa shape index (κ3) is 3.58. The number of hydrogen-bond donors (Lipinski definition) is 0. The minimum absolute atomic E-state index is 0.0777. The number of hydrogen-bond acceptors (Lipinski definition) is 4. The number of ketones is 1. The van der Waals surface area contributed by atoms with E-state index < -0.39 is 4.92 Å². The van der Waals surface area contributed by atoms with E-state index in [0.717, 1.165) is 6.42 Å². The second-order valence-corrected chi connectivity index (χ2v) is 5.72. The fourth-order valence-corrected chi connectivity index (χ4v) is 2.33. The number of carbonyl (C=O) groups is 1. The Balaban J connectivity index is 2.16. The van der Waals surface area contributed by atoms with E-state index in [1.807, 2.05) is 12.1 Å². The highest BCUT2D eigenvalue weighted by Crippen LogP contribution is 2.16. The number of Topliss-reactive ketones (excluding diaryl/α,β-unsaturated/α-hetero) is 1. The molecule has 22 heavy (non-hydrogen) atoms. The van der Waals surface area contributed by atoms with E-state index in [-0.39, 0.29) is 18.1 Å². The van der Waals surface area contributed by atoms with E-state index in [0.29, 0.717) is 17.3 Å². The highest BCUT2D eigenvalue weighted by atomic mass is 16.6. The summed E-state index contributed by atoms with van der Waals surface area (Å²) in [5.41, 5.74) is 1.73. The van der Waals surface area contributed by atoms with Crippen LogP contribution in [0.5, 0.6) is 0 Å². The molecule has 0 amide bonds. The standard InChI is InChI=1S/C16H19N3O3/c1-11(2)8-13-4-6-14(7-5-13)15(20)10-18-12(3)17-9-16(18)19(21)22/h4-7,9,11H,8,10H2,1-3H3. The van der Waals surface area contributed by atoms with Crippen molar-refractivity contribution in [2.75, 3.05) is 0 Å². The van der Waals surface area contributed by atoms with E-state index in [9.17, 15) is 14.9 Å². The van der Waals surface area contributed by atoms with Crippen molar-refractivity contribution in [3.05, 3.63) is 57.5 Å². The van der Waals surface area contributed by atoms with Gasteiger partial charge in [0.2, 0.25) is 5.78 Å². The van der Waals surface area contributed by atoms with E-state index in [2.05, 4.69) is 18.8 Å². The Bertz CT molecular complexity index is 687. The minimum atomic E-state index is -0.529.